The minimum Gasteiger partial charge on any atom is -0.478 e. The molecule has 0 fully saturated rings. The van der Waals surface area contributed by atoms with Crippen LogP contribution in [0, 0.1) is 54.3 Å². The van der Waals surface area contributed by atoms with Gasteiger partial charge in [-0.3, -0.25) is 0 Å². The molecule has 0 bridgehead atoms. The number of halogens is 1. The minimum absolute atomic E-state index is 0.0852. The Hall–Kier alpha value is -3.02. The topological polar surface area (TPSA) is 76.2 Å². The third kappa shape index (κ3) is 2.89. The summed E-state index contributed by atoms with van der Waals surface area (Å²) in [5.41, 5.74) is 6.70. The summed E-state index contributed by atoms with van der Waals surface area (Å²) in [7, 11) is 0. The molecule has 3 rings (SSSR count). The molecule has 0 atom stereocenters. The summed E-state index contributed by atoms with van der Waals surface area (Å²) in [6, 6.07) is 1.45. The van der Waals surface area contributed by atoms with Gasteiger partial charge in [-0.25, -0.2) is 9.18 Å². The largest absolute Gasteiger partial charge is 0.478 e. The molecular formula is C22H23FN2O3. The van der Waals surface area contributed by atoms with Crippen LogP contribution in [-0.4, -0.2) is 21.2 Å². The third-order valence-electron chi connectivity index (χ3n) is 5.81. The monoisotopic (exact) mass is 382 g/mol. The Morgan fingerprint density at radius 3 is 2.11 bits per heavy atom. The molecule has 0 spiro atoms. The van der Waals surface area contributed by atoms with Gasteiger partial charge in [0.1, 0.15) is 5.82 Å². The first kappa shape index (κ1) is 19.7. The third-order valence-corrected chi connectivity index (χ3v) is 5.81. The van der Waals surface area contributed by atoms with Gasteiger partial charge in [0.25, 0.3) is 5.89 Å². The van der Waals surface area contributed by atoms with Crippen molar-refractivity contribution in [2.24, 2.45) is 0 Å². The van der Waals surface area contributed by atoms with Crippen molar-refractivity contribution in [2.45, 2.75) is 48.5 Å². The summed E-state index contributed by atoms with van der Waals surface area (Å²) in [6.45, 7) is 12.9. The summed E-state index contributed by atoms with van der Waals surface area (Å²) >= 11 is 0. The SMILES string of the molecule is Cc1cc(F)c(-c2nc(-c3c(C)c(C)c(C)c(C(=O)O)c3C)no2)c(C)c1C. The highest BCUT2D eigenvalue weighted by Gasteiger charge is 2.25. The molecule has 1 heterocycles. The first-order valence-electron chi connectivity index (χ1n) is 9.00. The zero-order chi connectivity index (χ0) is 20.9. The first-order chi connectivity index (χ1) is 13.1. The van der Waals surface area contributed by atoms with Gasteiger partial charge in [0, 0.05) is 5.56 Å². The number of carbonyl (C=O) groups is 1. The predicted molar refractivity (Wildman–Crippen MR) is 105 cm³/mol. The maximum absolute atomic E-state index is 14.6. The highest BCUT2D eigenvalue weighted by Crippen LogP contribution is 2.35. The van der Waals surface area contributed by atoms with E-state index in [1.54, 1.807) is 13.8 Å². The lowest BCUT2D eigenvalue weighted by atomic mass is 9.88. The van der Waals surface area contributed by atoms with Crippen LogP contribution in [0.4, 0.5) is 4.39 Å². The van der Waals surface area contributed by atoms with E-state index < -0.39 is 11.8 Å². The van der Waals surface area contributed by atoms with Crippen LogP contribution in [0.25, 0.3) is 22.8 Å². The number of rotatable bonds is 3. The molecule has 1 aromatic heterocycles. The molecule has 0 aliphatic rings. The molecule has 0 amide bonds. The van der Waals surface area contributed by atoms with Crippen LogP contribution in [0.15, 0.2) is 10.6 Å². The van der Waals surface area contributed by atoms with Gasteiger partial charge in [-0.1, -0.05) is 5.16 Å². The Labute approximate surface area is 163 Å². The highest BCUT2D eigenvalue weighted by atomic mass is 19.1. The van der Waals surface area contributed by atoms with Crippen molar-refractivity contribution < 1.29 is 18.8 Å². The zero-order valence-electron chi connectivity index (χ0n) is 17.1. The summed E-state index contributed by atoms with van der Waals surface area (Å²) in [6.07, 6.45) is 0. The molecule has 1 N–H and O–H groups in total. The smallest absolute Gasteiger partial charge is 0.336 e. The van der Waals surface area contributed by atoms with Crippen molar-refractivity contribution in [2.75, 3.05) is 0 Å². The lowest BCUT2D eigenvalue weighted by Crippen LogP contribution is -2.09. The Balaban J connectivity index is 2.25. The average molecular weight is 382 g/mol. The highest BCUT2D eigenvalue weighted by molar-refractivity contribution is 5.94. The number of hydrogen-bond acceptors (Lipinski definition) is 4. The van der Waals surface area contributed by atoms with E-state index in [4.69, 9.17) is 4.52 Å². The molecule has 0 radical (unpaired) electrons. The van der Waals surface area contributed by atoms with Gasteiger partial charge in [-0.2, -0.15) is 4.98 Å². The summed E-state index contributed by atoms with van der Waals surface area (Å²) < 4.78 is 20.0. The van der Waals surface area contributed by atoms with Crippen molar-refractivity contribution in [3.8, 4) is 22.8 Å². The fraction of sp³-hybridized carbons (Fsp3) is 0.318. The molecule has 28 heavy (non-hydrogen) atoms. The van der Waals surface area contributed by atoms with E-state index in [1.807, 2.05) is 34.6 Å². The Kier molecular flexibility index (Phi) is 4.83. The minimum atomic E-state index is -1.00. The molecule has 0 saturated heterocycles. The summed E-state index contributed by atoms with van der Waals surface area (Å²) in [4.78, 5) is 16.2. The maximum Gasteiger partial charge on any atom is 0.336 e. The van der Waals surface area contributed by atoms with E-state index in [2.05, 4.69) is 10.1 Å². The molecule has 0 aliphatic heterocycles. The number of carboxylic acid groups (broad SMARTS) is 1. The Bertz CT molecular complexity index is 1130. The first-order valence-corrected chi connectivity index (χ1v) is 9.00. The van der Waals surface area contributed by atoms with Gasteiger partial charge in [0.05, 0.1) is 11.1 Å². The molecule has 146 valence electrons. The van der Waals surface area contributed by atoms with E-state index in [0.29, 0.717) is 16.7 Å². The van der Waals surface area contributed by atoms with Crippen molar-refractivity contribution in [1.82, 2.24) is 10.1 Å². The number of nitrogens with zero attached hydrogens (tertiary/aromatic N) is 2. The summed E-state index contributed by atoms with van der Waals surface area (Å²) in [5.74, 6) is -1.08. The Morgan fingerprint density at radius 2 is 1.50 bits per heavy atom. The van der Waals surface area contributed by atoms with E-state index in [0.717, 1.165) is 27.8 Å². The van der Waals surface area contributed by atoms with Gasteiger partial charge in [0.2, 0.25) is 5.82 Å². The number of carboxylic acids is 1. The number of aryl methyl sites for hydroxylation is 1. The quantitative estimate of drug-likeness (QED) is 0.656. The van der Waals surface area contributed by atoms with Gasteiger partial charge in [0.15, 0.2) is 0 Å². The van der Waals surface area contributed by atoms with E-state index in [9.17, 15) is 14.3 Å². The van der Waals surface area contributed by atoms with Crippen LogP contribution in [-0.2, 0) is 0 Å². The molecule has 6 heteroatoms. The van der Waals surface area contributed by atoms with Crippen LogP contribution in [0.3, 0.4) is 0 Å². The molecule has 3 aromatic rings. The fourth-order valence-electron chi connectivity index (χ4n) is 3.72. The predicted octanol–water partition coefficient (Wildman–Crippen LogP) is 5.40. The summed E-state index contributed by atoms with van der Waals surface area (Å²) in [5, 5.41) is 13.7. The molecule has 0 unspecified atom stereocenters. The van der Waals surface area contributed by atoms with Crippen LogP contribution < -0.4 is 0 Å². The molecule has 0 saturated carbocycles. The second-order valence-corrected chi connectivity index (χ2v) is 7.28. The van der Waals surface area contributed by atoms with Gasteiger partial charge < -0.3 is 9.63 Å². The van der Waals surface area contributed by atoms with Gasteiger partial charge in [-0.15, -0.1) is 0 Å². The molecule has 0 aliphatic carbocycles. The van der Waals surface area contributed by atoms with Crippen molar-refractivity contribution in [3.05, 3.63) is 56.4 Å². The second-order valence-electron chi connectivity index (χ2n) is 7.28. The van der Waals surface area contributed by atoms with E-state index >= 15 is 0 Å². The number of aromatic carboxylic acids is 1. The lowest BCUT2D eigenvalue weighted by molar-refractivity contribution is 0.0695. The second kappa shape index (κ2) is 6.86. The normalized spacial score (nSPS) is 11.1. The maximum atomic E-state index is 14.6. The van der Waals surface area contributed by atoms with Gasteiger partial charge >= 0.3 is 5.97 Å². The standard InChI is InChI=1S/C22H23FN2O3/c1-9-8-16(23)19(12(4)10(9)2)21-24-20(25-28-21)17-13(5)11(3)14(6)18(15(17)7)22(26)27/h8H,1-7H3,(H,26,27). The van der Waals surface area contributed by atoms with Crippen molar-refractivity contribution >= 4 is 5.97 Å². The number of aromatic nitrogens is 2. The fourth-order valence-corrected chi connectivity index (χ4v) is 3.72. The number of benzene rings is 2. The van der Waals surface area contributed by atoms with Crippen molar-refractivity contribution in [3.63, 3.8) is 0 Å². The molecular weight excluding hydrogens is 359 g/mol. The van der Waals surface area contributed by atoms with Gasteiger partial charge in [-0.05, 0) is 93.5 Å². The molecule has 2 aromatic carbocycles. The van der Waals surface area contributed by atoms with Crippen LogP contribution in [0.2, 0.25) is 0 Å². The van der Waals surface area contributed by atoms with Crippen LogP contribution >= 0.6 is 0 Å². The van der Waals surface area contributed by atoms with Crippen LogP contribution in [0.5, 0.6) is 0 Å². The molecule has 5 nitrogen and oxygen atoms in total. The average Bonchev–Trinajstić information content (AvgIpc) is 3.07. The van der Waals surface area contributed by atoms with E-state index in [-0.39, 0.29) is 22.8 Å². The van der Waals surface area contributed by atoms with E-state index in [1.165, 1.54) is 6.07 Å². The Morgan fingerprint density at radius 1 is 0.893 bits per heavy atom. The van der Waals surface area contributed by atoms with Crippen LogP contribution in [0.1, 0.15) is 49.3 Å². The lowest BCUT2D eigenvalue weighted by Gasteiger charge is -2.16. The van der Waals surface area contributed by atoms with Crippen molar-refractivity contribution in [1.29, 1.82) is 0 Å². The number of hydrogen-bond donors (Lipinski definition) is 1. The zero-order valence-corrected chi connectivity index (χ0v) is 17.1.